The van der Waals surface area contributed by atoms with Crippen LogP contribution < -0.4 is 0 Å². The predicted molar refractivity (Wildman–Crippen MR) is 181 cm³/mol. The lowest BCUT2D eigenvalue weighted by molar-refractivity contribution is 1.60. The van der Waals surface area contributed by atoms with Crippen molar-refractivity contribution in [2.24, 2.45) is 0 Å². The zero-order valence-electron chi connectivity index (χ0n) is 38.9. The van der Waals surface area contributed by atoms with Gasteiger partial charge in [-0.05, 0) is 76.8 Å². The molecule has 0 aliphatic rings. The van der Waals surface area contributed by atoms with Crippen LogP contribution in [0.25, 0.3) is 76.8 Å². The van der Waals surface area contributed by atoms with Crippen LogP contribution in [-0.2, 0) is 0 Å². The Morgan fingerprint density at radius 1 is 0.310 bits per heavy atom. The van der Waals surface area contributed by atoms with Gasteiger partial charge in [0, 0.05) is 0 Å². The van der Waals surface area contributed by atoms with Crippen molar-refractivity contribution in [2.45, 2.75) is 0 Å². The summed E-state index contributed by atoms with van der Waals surface area (Å²) < 4.78 is 151. The van der Waals surface area contributed by atoms with Gasteiger partial charge >= 0.3 is 0 Å². The summed E-state index contributed by atoms with van der Waals surface area (Å²) in [7, 11) is 0. The molecule has 0 spiro atoms. The van der Waals surface area contributed by atoms with Crippen molar-refractivity contribution in [3.8, 4) is 44.5 Å². The first-order chi connectivity index (χ1) is 27.9. The third-order valence-corrected chi connectivity index (χ3v) is 7.27. The lowest BCUT2D eigenvalue weighted by Crippen LogP contribution is -1.90. The molecule has 0 aliphatic carbocycles. The Hall–Kier alpha value is -5.46. The first-order valence-electron chi connectivity index (χ1n) is 21.6. The Morgan fingerprint density at radius 3 is 1.40 bits per heavy atom. The van der Waals surface area contributed by atoms with Crippen molar-refractivity contribution >= 4 is 32.3 Å². The van der Waals surface area contributed by atoms with Gasteiger partial charge in [0.15, 0.2) is 0 Å². The highest BCUT2D eigenvalue weighted by Gasteiger charge is 2.16. The highest BCUT2D eigenvalue weighted by molar-refractivity contribution is 6.21. The smallest absolute Gasteiger partial charge is 0.0622 e. The van der Waals surface area contributed by atoms with E-state index in [2.05, 4.69) is 0 Å². The number of fused-ring (bicyclic) bond motifs is 3. The van der Waals surface area contributed by atoms with E-state index < -0.39 is 147 Å². The third-order valence-electron chi connectivity index (χ3n) is 7.27. The molecule has 0 amide bonds. The second-order valence-corrected chi connectivity index (χ2v) is 9.60. The summed E-state index contributed by atoms with van der Waals surface area (Å²) >= 11 is 0. The van der Waals surface area contributed by atoms with Crippen LogP contribution in [0, 0.1) is 0 Å². The number of hydrogen-bond acceptors (Lipinski definition) is 0. The fourth-order valence-electron chi connectivity index (χ4n) is 5.38. The van der Waals surface area contributed by atoms with Crippen LogP contribution in [0.3, 0.4) is 0 Å². The van der Waals surface area contributed by atoms with Crippen molar-refractivity contribution < 1.29 is 23.3 Å². The maximum atomic E-state index is 9.38. The summed E-state index contributed by atoms with van der Waals surface area (Å²) in [6.45, 7) is 0. The number of hydrogen-bond donors (Lipinski definition) is 0. The molecule has 0 unspecified atom stereocenters. The molecule has 0 fully saturated rings. The Kier molecular flexibility index (Phi) is 3.05. The molecule has 0 saturated carbocycles. The molecular weight excluding hydrogens is 504 g/mol. The van der Waals surface area contributed by atoms with E-state index in [1.54, 1.807) is 24.3 Å². The summed E-state index contributed by atoms with van der Waals surface area (Å²) in [5.74, 6) is 0. The Labute approximate surface area is 270 Å². The molecule has 0 N–H and O–H groups in total. The van der Waals surface area contributed by atoms with E-state index in [1.165, 1.54) is 0 Å². The van der Waals surface area contributed by atoms with E-state index in [9.17, 15) is 5.48 Å². The van der Waals surface area contributed by atoms with Crippen molar-refractivity contribution in [1.82, 2.24) is 0 Å². The molecule has 0 bridgehead atoms. The van der Waals surface area contributed by atoms with Crippen molar-refractivity contribution in [2.75, 3.05) is 0 Å². The lowest BCUT2D eigenvalue weighted by atomic mass is 9.85. The van der Waals surface area contributed by atoms with Gasteiger partial charge in [0.2, 0.25) is 0 Å². The average molecular weight is 550 g/mol. The maximum Gasteiger partial charge on any atom is 0.0629 e. The third kappa shape index (κ3) is 4.08. The van der Waals surface area contributed by atoms with Crippen LogP contribution in [0.1, 0.15) is 23.3 Å². The van der Waals surface area contributed by atoms with Gasteiger partial charge < -0.3 is 0 Å². The summed E-state index contributed by atoms with van der Waals surface area (Å²) in [4.78, 5) is 0. The second-order valence-electron chi connectivity index (χ2n) is 9.60. The monoisotopic (exact) mass is 549 g/mol. The van der Waals surface area contributed by atoms with Gasteiger partial charge in [-0.15, -0.1) is 0 Å². The highest BCUT2D eigenvalue weighted by atomic mass is 14.2. The fourth-order valence-corrected chi connectivity index (χ4v) is 5.38. The lowest BCUT2D eigenvalue weighted by Gasteiger charge is -2.18. The fraction of sp³-hybridized carbons (Fsp3) is 0. The minimum absolute atomic E-state index is 0.0959. The maximum absolute atomic E-state index is 9.38. The summed E-state index contributed by atoms with van der Waals surface area (Å²) in [6, 6.07) is 7.74. The highest BCUT2D eigenvalue weighted by Crippen LogP contribution is 2.43. The van der Waals surface area contributed by atoms with Gasteiger partial charge in [-0.1, -0.05) is 169 Å². The van der Waals surface area contributed by atoms with E-state index in [0.29, 0.717) is 5.56 Å². The van der Waals surface area contributed by atoms with Gasteiger partial charge in [-0.3, -0.25) is 0 Å². The molecule has 0 saturated heterocycles. The van der Waals surface area contributed by atoms with Crippen LogP contribution in [0.2, 0.25) is 0 Å². The zero-order valence-corrected chi connectivity index (χ0v) is 21.9. The normalized spacial score (nSPS) is 17.0. The van der Waals surface area contributed by atoms with Gasteiger partial charge in [0.05, 0.1) is 23.3 Å². The summed E-state index contributed by atoms with van der Waals surface area (Å²) in [5.41, 5.74) is -0.118. The Bertz CT molecular complexity index is 3030. The minimum Gasteiger partial charge on any atom is -0.0622 e. The minimum atomic E-state index is -0.816. The zero-order chi connectivity index (χ0) is 42.7. The quantitative estimate of drug-likeness (QED) is 0.192. The van der Waals surface area contributed by atoms with Gasteiger partial charge in [-0.25, -0.2) is 0 Å². The predicted octanol–water partition coefficient (Wildman–Crippen LogP) is 11.8. The van der Waals surface area contributed by atoms with Crippen LogP contribution >= 0.6 is 0 Å². The molecule has 0 aromatic heterocycles. The molecular formula is C42H28. The Balaban J connectivity index is 1.52. The van der Waals surface area contributed by atoms with Crippen LogP contribution in [-0.4, -0.2) is 0 Å². The topological polar surface area (TPSA) is 0 Å². The van der Waals surface area contributed by atoms with Gasteiger partial charge in [0.25, 0.3) is 0 Å². The van der Waals surface area contributed by atoms with Crippen molar-refractivity contribution in [1.29, 1.82) is 0 Å². The molecule has 0 radical (unpaired) electrons. The van der Waals surface area contributed by atoms with Gasteiger partial charge in [-0.2, -0.15) is 0 Å². The molecule has 8 rings (SSSR count). The molecule has 0 heterocycles. The molecule has 0 aliphatic heterocycles. The first kappa shape index (κ1) is 12.6. The summed E-state index contributed by atoms with van der Waals surface area (Å²) in [5, 5.41) is 0.0235. The Morgan fingerprint density at radius 2 is 0.786 bits per heavy atom. The first-order valence-corrected chi connectivity index (χ1v) is 13.1. The average Bonchev–Trinajstić information content (AvgIpc) is 3.24. The van der Waals surface area contributed by atoms with E-state index >= 15 is 0 Å². The van der Waals surface area contributed by atoms with E-state index in [1.807, 2.05) is 42.5 Å². The van der Waals surface area contributed by atoms with Crippen molar-refractivity contribution in [3.05, 3.63) is 169 Å². The largest absolute Gasteiger partial charge is 0.0629 e. The molecule has 0 heteroatoms. The van der Waals surface area contributed by atoms with E-state index in [-0.39, 0.29) is 5.56 Å². The molecule has 0 nitrogen and oxygen atoms in total. The van der Waals surface area contributed by atoms with Crippen LogP contribution in [0.4, 0.5) is 0 Å². The SMILES string of the molecule is [2H]c1c([2H])c([2H])c(-c2c3c([2H])c([2H])c([2H])c([2H])c3c(-c3c([2H])c([2H])c(-c4ccc(-c5cccc6ccccc56)cc4)c([2H])c3[2H])c3c([2H])c([2H])c([2H])c([2H])c23)c([2H])c1[2H]. The number of benzene rings is 8. The van der Waals surface area contributed by atoms with Crippen LogP contribution in [0.5, 0.6) is 0 Å². The van der Waals surface area contributed by atoms with E-state index in [4.69, 9.17) is 17.8 Å². The molecule has 8 aromatic carbocycles. The second kappa shape index (κ2) is 10.2. The summed E-state index contributed by atoms with van der Waals surface area (Å²) in [6.07, 6.45) is 0. The molecule has 0 atom stereocenters. The number of rotatable bonds is 4. The van der Waals surface area contributed by atoms with Crippen molar-refractivity contribution in [3.63, 3.8) is 0 Å². The standard InChI is InChI=1S/C42H28/c1-2-12-33(13-3-1)41-37-16-6-8-18-39(37)42(40-19-9-7-17-38(40)41)34-27-23-30(24-28-34)29-21-25-32(26-22-29)36-20-10-14-31-11-4-5-15-35(31)36/h1-28H/i1D,2D,3D,6D,7D,8D,9D,12D,13D,16D,17D,18D,19D,23D,24D,27D,28D. The van der Waals surface area contributed by atoms with Crippen LogP contribution in [0.15, 0.2) is 169 Å². The van der Waals surface area contributed by atoms with E-state index in [0.717, 1.165) is 21.9 Å². The molecule has 8 aromatic rings. The molecule has 42 heavy (non-hydrogen) atoms. The van der Waals surface area contributed by atoms with Gasteiger partial charge in [0.1, 0.15) is 0 Å². The molecule has 196 valence electrons.